The summed E-state index contributed by atoms with van der Waals surface area (Å²) in [6.07, 6.45) is -4.92. The number of carbonyl (C=O) groups excluding carboxylic acids is 1. The molecule has 0 atom stereocenters. The van der Waals surface area contributed by atoms with Gasteiger partial charge >= 0.3 is 18.1 Å². The number of halogens is 3. The zero-order valence-corrected chi connectivity index (χ0v) is 11.7. The zero-order chi connectivity index (χ0) is 17.0. The summed E-state index contributed by atoms with van der Waals surface area (Å²) in [6.45, 7) is -0.265. The van der Waals surface area contributed by atoms with Crippen LogP contribution in [0, 0.1) is 0 Å². The monoisotopic (exact) mass is 323 g/mol. The molecule has 0 aliphatic heterocycles. The zero-order valence-electron chi connectivity index (χ0n) is 11.7. The highest BCUT2D eigenvalue weighted by atomic mass is 19.4. The Hall–Kier alpha value is -2.83. The molecule has 0 spiro atoms. The van der Waals surface area contributed by atoms with Gasteiger partial charge in [-0.05, 0) is 22.8 Å². The predicted molar refractivity (Wildman–Crippen MR) is 76.7 cm³/mol. The quantitative estimate of drug-likeness (QED) is 0.908. The summed E-state index contributed by atoms with van der Waals surface area (Å²) < 4.78 is 36.3. The molecule has 0 unspecified atom stereocenters. The maximum atomic E-state index is 12.1. The summed E-state index contributed by atoms with van der Waals surface area (Å²) in [4.78, 5) is 21.9. The van der Waals surface area contributed by atoms with Crippen LogP contribution in [0.3, 0.4) is 0 Å². The van der Waals surface area contributed by atoms with Gasteiger partial charge in [0.05, 0.1) is 5.56 Å². The smallest absolute Gasteiger partial charge is 0.471 e. The molecule has 4 nitrogen and oxygen atoms in total. The van der Waals surface area contributed by atoms with Crippen LogP contribution < -0.4 is 5.32 Å². The number of carboxylic acids is 1. The molecule has 2 N–H and O–H groups in total. The van der Waals surface area contributed by atoms with E-state index < -0.39 is 18.1 Å². The molecule has 0 bridgehead atoms. The number of amides is 1. The first-order valence-electron chi connectivity index (χ1n) is 6.55. The molecular weight excluding hydrogens is 311 g/mol. The van der Waals surface area contributed by atoms with Crippen LogP contribution in [0.1, 0.15) is 15.9 Å². The van der Waals surface area contributed by atoms with Crippen LogP contribution in [0.4, 0.5) is 13.2 Å². The van der Waals surface area contributed by atoms with Crippen molar-refractivity contribution >= 4 is 11.9 Å². The van der Waals surface area contributed by atoms with Gasteiger partial charge < -0.3 is 10.4 Å². The van der Waals surface area contributed by atoms with Crippen molar-refractivity contribution in [2.75, 3.05) is 0 Å². The highest BCUT2D eigenvalue weighted by Crippen LogP contribution is 2.24. The van der Waals surface area contributed by atoms with Gasteiger partial charge in [-0.15, -0.1) is 0 Å². The molecule has 1 amide bonds. The number of aromatic carboxylic acids is 1. The topological polar surface area (TPSA) is 66.4 Å². The summed E-state index contributed by atoms with van der Waals surface area (Å²) in [7, 11) is 0. The molecule has 0 saturated heterocycles. The van der Waals surface area contributed by atoms with E-state index in [1.807, 2.05) is 0 Å². The molecule has 2 rings (SSSR count). The number of rotatable bonds is 4. The Labute approximate surface area is 129 Å². The van der Waals surface area contributed by atoms with Gasteiger partial charge in [-0.3, -0.25) is 4.79 Å². The van der Waals surface area contributed by atoms with Crippen LogP contribution in [0.15, 0.2) is 48.5 Å². The Kier molecular flexibility index (Phi) is 4.68. The second-order valence-corrected chi connectivity index (χ2v) is 4.73. The SMILES string of the molecule is O=C(O)c1ccccc1-c1ccc(CNC(=O)C(F)(F)F)cc1. The average Bonchev–Trinajstić information content (AvgIpc) is 2.52. The molecule has 0 aromatic heterocycles. The summed E-state index contributed by atoms with van der Waals surface area (Å²) in [5, 5.41) is 10.9. The molecule has 0 aliphatic rings. The fourth-order valence-corrected chi connectivity index (χ4v) is 2.01. The van der Waals surface area contributed by atoms with E-state index in [1.54, 1.807) is 35.6 Å². The van der Waals surface area contributed by atoms with Crippen molar-refractivity contribution < 1.29 is 27.9 Å². The molecule has 0 aliphatic carbocycles. The lowest BCUT2D eigenvalue weighted by atomic mass is 9.99. The average molecular weight is 323 g/mol. The fourth-order valence-electron chi connectivity index (χ4n) is 2.01. The van der Waals surface area contributed by atoms with E-state index in [1.165, 1.54) is 18.2 Å². The first-order valence-corrected chi connectivity index (χ1v) is 6.55. The minimum atomic E-state index is -4.92. The Bertz CT molecular complexity index is 724. The van der Waals surface area contributed by atoms with Gasteiger partial charge in [-0.2, -0.15) is 13.2 Å². The van der Waals surface area contributed by atoms with E-state index in [9.17, 15) is 22.8 Å². The molecule has 0 saturated carbocycles. The lowest BCUT2D eigenvalue weighted by Crippen LogP contribution is -2.36. The lowest BCUT2D eigenvalue weighted by molar-refractivity contribution is -0.173. The number of alkyl halides is 3. The van der Waals surface area contributed by atoms with Crippen LogP contribution in [0.2, 0.25) is 0 Å². The standard InChI is InChI=1S/C16H12F3NO3/c17-16(18,19)15(23)20-9-10-5-7-11(8-6-10)12-3-1-2-4-13(12)14(21)22/h1-8H,9H2,(H,20,23)(H,21,22). The van der Waals surface area contributed by atoms with Crippen LogP contribution in [0.5, 0.6) is 0 Å². The molecule has 23 heavy (non-hydrogen) atoms. The van der Waals surface area contributed by atoms with Gasteiger partial charge in [-0.1, -0.05) is 42.5 Å². The van der Waals surface area contributed by atoms with Gasteiger partial charge in [0.25, 0.3) is 0 Å². The van der Waals surface area contributed by atoms with Crippen molar-refractivity contribution in [1.82, 2.24) is 5.32 Å². The van der Waals surface area contributed by atoms with E-state index in [4.69, 9.17) is 5.11 Å². The number of carboxylic acid groups (broad SMARTS) is 1. The largest absolute Gasteiger partial charge is 0.478 e. The van der Waals surface area contributed by atoms with Crippen molar-refractivity contribution in [3.63, 3.8) is 0 Å². The lowest BCUT2D eigenvalue weighted by Gasteiger charge is -2.09. The van der Waals surface area contributed by atoms with Gasteiger partial charge in [0, 0.05) is 6.54 Å². The second kappa shape index (κ2) is 6.51. The molecular formula is C16H12F3NO3. The molecule has 0 heterocycles. The highest BCUT2D eigenvalue weighted by Gasteiger charge is 2.38. The van der Waals surface area contributed by atoms with Crippen LogP contribution >= 0.6 is 0 Å². The third-order valence-electron chi connectivity index (χ3n) is 3.13. The summed E-state index contributed by atoms with van der Waals surface area (Å²) in [6, 6.07) is 12.7. The predicted octanol–water partition coefficient (Wildman–Crippen LogP) is 3.23. The van der Waals surface area contributed by atoms with Gasteiger partial charge in [0.15, 0.2) is 0 Å². The molecule has 7 heteroatoms. The molecule has 120 valence electrons. The highest BCUT2D eigenvalue weighted by molar-refractivity contribution is 5.96. The Balaban J connectivity index is 2.15. The third kappa shape index (κ3) is 4.09. The van der Waals surface area contributed by atoms with Gasteiger partial charge in [0.1, 0.15) is 0 Å². The Morgan fingerprint density at radius 2 is 1.61 bits per heavy atom. The van der Waals surface area contributed by atoms with Crippen molar-refractivity contribution in [2.24, 2.45) is 0 Å². The van der Waals surface area contributed by atoms with Crippen molar-refractivity contribution in [3.8, 4) is 11.1 Å². The Morgan fingerprint density at radius 3 is 2.17 bits per heavy atom. The minimum absolute atomic E-state index is 0.130. The minimum Gasteiger partial charge on any atom is -0.478 e. The number of nitrogens with one attached hydrogen (secondary N) is 1. The number of hydrogen-bond donors (Lipinski definition) is 2. The van der Waals surface area contributed by atoms with Gasteiger partial charge in [0.2, 0.25) is 0 Å². The van der Waals surface area contributed by atoms with Gasteiger partial charge in [-0.25, -0.2) is 4.79 Å². The third-order valence-corrected chi connectivity index (χ3v) is 3.13. The van der Waals surface area contributed by atoms with Crippen LogP contribution in [0.25, 0.3) is 11.1 Å². The second-order valence-electron chi connectivity index (χ2n) is 4.73. The maximum absolute atomic E-state index is 12.1. The summed E-state index contributed by atoms with van der Waals surface area (Å²) in [5.41, 5.74) is 1.73. The molecule has 2 aromatic rings. The fraction of sp³-hybridized carbons (Fsp3) is 0.125. The Morgan fingerprint density at radius 1 is 1.00 bits per heavy atom. The molecule has 0 fully saturated rings. The number of benzene rings is 2. The van der Waals surface area contributed by atoms with Crippen LogP contribution in [-0.2, 0) is 11.3 Å². The van der Waals surface area contributed by atoms with E-state index in [0.29, 0.717) is 16.7 Å². The van der Waals surface area contributed by atoms with E-state index in [-0.39, 0.29) is 12.1 Å². The number of carbonyl (C=O) groups is 2. The molecule has 0 radical (unpaired) electrons. The first-order chi connectivity index (χ1) is 10.8. The van der Waals surface area contributed by atoms with Crippen molar-refractivity contribution in [3.05, 3.63) is 59.7 Å². The van der Waals surface area contributed by atoms with E-state index in [2.05, 4.69) is 0 Å². The summed E-state index contributed by atoms with van der Waals surface area (Å²) >= 11 is 0. The summed E-state index contributed by atoms with van der Waals surface area (Å²) in [5.74, 6) is -3.07. The van der Waals surface area contributed by atoms with Crippen LogP contribution in [-0.4, -0.2) is 23.2 Å². The van der Waals surface area contributed by atoms with E-state index in [0.717, 1.165) is 0 Å². The molecule has 2 aromatic carbocycles. The normalized spacial score (nSPS) is 11.1. The van der Waals surface area contributed by atoms with E-state index >= 15 is 0 Å². The number of hydrogen-bond acceptors (Lipinski definition) is 2. The van der Waals surface area contributed by atoms with Crippen molar-refractivity contribution in [1.29, 1.82) is 0 Å². The van der Waals surface area contributed by atoms with Crippen molar-refractivity contribution in [2.45, 2.75) is 12.7 Å². The first kappa shape index (κ1) is 16.5. The maximum Gasteiger partial charge on any atom is 0.471 e.